The summed E-state index contributed by atoms with van der Waals surface area (Å²) in [5, 5.41) is 3.51. The van der Waals surface area contributed by atoms with E-state index in [9.17, 15) is 9.59 Å². The van der Waals surface area contributed by atoms with Gasteiger partial charge in [0.2, 0.25) is 0 Å². The van der Waals surface area contributed by atoms with Crippen LogP contribution in [0.1, 0.15) is 38.1 Å². The van der Waals surface area contributed by atoms with Gasteiger partial charge in [0.15, 0.2) is 0 Å². The van der Waals surface area contributed by atoms with E-state index in [1.807, 2.05) is 19.9 Å². The van der Waals surface area contributed by atoms with Gasteiger partial charge < -0.3 is 10.1 Å². The van der Waals surface area contributed by atoms with Crippen LogP contribution in [-0.4, -0.2) is 19.0 Å². The van der Waals surface area contributed by atoms with Crippen LogP contribution in [0, 0.1) is 13.8 Å². The van der Waals surface area contributed by atoms with E-state index >= 15 is 0 Å². The van der Waals surface area contributed by atoms with Gasteiger partial charge in [0.05, 0.1) is 25.1 Å². The number of carbonyl (C=O) groups is 2. The average Bonchev–Trinajstić information content (AvgIpc) is 2.86. The molecule has 122 valence electrons. The van der Waals surface area contributed by atoms with Gasteiger partial charge in [0.25, 0.3) is 5.91 Å². The van der Waals surface area contributed by atoms with Crippen LogP contribution in [0.15, 0.2) is 30.3 Å². The van der Waals surface area contributed by atoms with Crippen LogP contribution in [0.25, 0.3) is 0 Å². The lowest BCUT2D eigenvalue weighted by Gasteiger charge is -2.18. The maximum absolute atomic E-state index is 12.5. The van der Waals surface area contributed by atoms with E-state index in [1.54, 1.807) is 35.6 Å². The third kappa shape index (κ3) is 4.56. The molecule has 0 aliphatic heterocycles. The molecule has 1 heterocycles. The van der Waals surface area contributed by atoms with Crippen molar-refractivity contribution in [1.29, 1.82) is 0 Å². The third-order valence-electron chi connectivity index (χ3n) is 3.46. The number of hydrogen-bond acceptors (Lipinski definition) is 4. The molecule has 0 saturated carbocycles. The highest BCUT2D eigenvalue weighted by Gasteiger charge is 2.21. The van der Waals surface area contributed by atoms with Gasteiger partial charge in [-0.1, -0.05) is 23.7 Å². The zero-order valence-corrected chi connectivity index (χ0v) is 14.8. The Labute approximate surface area is 144 Å². The number of thiophene rings is 1. The summed E-state index contributed by atoms with van der Waals surface area (Å²) in [7, 11) is 1.33. The summed E-state index contributed by atoms with van der Waals surface area (Å²) in [6, 6.07) is 8.43. The van der Waals surface area contributed by atoms with Gasteiger partial charge in [-0.3, -0.25) is 9.59 Å². The first-order chi connectivity index (χ1) is 10.9. The Hall–Kier alpha value is -1.85. The predicted octanol–water partition coefficient (Wildman–Crippen LogP) is 4.05. The number of amides is 1. The van der Waals surface area contributed by atoms with E-state index in [0.29, 0.717) is 10.6 Å². The van der Waals surface area contributed by atoms with Crippen molar-refractivity contribution in [1.82, 2.24) is 5.32 Å². The summed E-state index contributed by atoms with van der Waals surface area (Å²) in [5.41, 5.74) is 1.44. The molecule has 0 aliphatic rings. The zero-order chi connectivity index (χ0) is 17.0. The molecule has 1 N–H and O–H groups in total. The number of aryl methyl sites for hydroxylation is 2. The molecule has 1 unspecified atom stereocenters. The van der Waals surface area contributed by atoms with Crippen molar-refractivity contribution in [2.24, 2.45) is 0 Å². The number of nitrogens with one attached hydrogen (secondary N) is 1. The van der Waals surface area contributed by atoms with Gasteiger partial charge in [-0.2, -0.15) is 0 Å². The van der Waals surface area contributed by atoms with E-state index < -0.39 is 6.04 Å². The van der Waals surface area contributed by atoms with Crippen LogP contribution in [0.2, 0.25) is 5.02 Å². The Kier molecular flexibility index (Phi) is 5.80. The van der Waals surface area contributed by atoms with Crippen molar-refractivity contribution in [3.8, 4) is 0 Å². The van der Waals surface area contributed by atoms with Gasteiger partial charge in [-0.05, 0) is 37.6 Å². The highest BCUT2D eigenvalue weighted by atomic mass is 35.5. The molecule has 1 amide bonds. The Bertz CT molecular complexity index is 709. The molecule has 2 rings (SSSR count). The average molecular weight is 352 g/mol. The zero-order valence-electron chi connectivity index (χ0n) is 13.2. The van der Waals surface area contributed by atoms with Gasteiger partial charge in [-0.15, -0.1) is 11.3 Å². The van der Waals surface area contributed by atoms with Crippen LogP contribution in [0.3, 0.4) is 0 Å². The topological polar surface area (TPSA) is 55.4 Å². The summed E-state index contributed by atoms with van der Waals surface area (Å²) in [6.07, 6.45) is 0.0615. The van der Waals surface area contributed by atoms with Crippen LogP contribution in [0.5, 0.6) is 0 Å². The van der Waals surface area contributed by atoms with Crippen molar-refractivity contribution in [3.63, 3.8) is 0 Å². The highest BCUT2D eigenvalue weighted by molar-refractivity contribution is 7.12. The quantitative estimate of drug-likeness (QED) is 0.827. The van der Waals surface area contributed by atoms with Gasteiger partial charge in [0.1, 0.15) is 0 Å². The fraction of sp³-hybridized carbons (Fsp3) is 0.294. The SMILES string of the molecule is COC(=O)CC(NC(=O)c1cc(C)sc1C)c1ccc(Cl)cc1. The maximum Gasteiger partial charge on any atom is 0.307 e. The first-order valence-electron chi connectivity index (χ1n) is 7.11. The number of benzene rings is 1. The number of carbonyl (C=O) groups excluding carboxylic acids is 2. The lowest BCUT2D eigenvalue weighted by atomic mass is 10.0. The minimum atomic E-state index is -0.466. The molecule has 0 fully saturated rings. The first-order valence-corrected chi connectivity index (χ1v) is 8.30. The standard InChI is InChI=1S/C17H18ClNO3S/c1-10-8-14(11(2)23-10)17(21)19-15(9-16(20)22-3)12-4-6-13(18)7-5-12/h4-8,15H,9H2,1-3H3,(H,19,21). The molecule has 1 aromatic carbocycles. The second-order valence-corrected chi connectivity index (χ2v) is 7.08. The van der Waals surface area contributed by atoms with Crippen molar-refractivity contribution in [2.45, 2.75) is 26.3 Å². The van der Waals surface area contributed by atoms with E-state index in [1.165, 1.54) is 7.11 Å². The first kappa shape index (κ1) is 17.5. The minimum absolute atomic E-state index is 0.0615. The Balaban J connectivity index is 2.23. The van der Waals surface area contributed by atoms with E-state index in [2.05, 4.69) is 5.32 Å². The molecule has 6 heteroatoms. The number of rotatable bonds is 5. The number of methoxy groups -OCH3 is 1. The molecule has 2 aromatic rings. The lowest BCUT2D eigenvalue weighted by Crippen LogP contribution is -2.30. The molecule has 0 radical (unpaired) electrons. The fourth-order valence-corrected chi connectivity index (χ4v) is 3.34. The Morgan fingerprint density at radius 3 is 2.43 bits per heavy atom. The van der Waals surface area contributed by atoms with Crippen LogP contribution in [-0.2, 0) is 9.53 Å². The Morgan fingerprint density at radius 1 is 1.26 bits per heavy atom. The van der Waals surface area contributed by atoms with Crippen molar-refractivity contribution in [2.75, 3.05) is 7.11 Å². The molecule has 1 aromatic heterocycles. The summed E-state index contributed by atoms with van der Waals surface area (Å²) in [5.74, 6) is -0.584. The molecule has 0 bridgehead atoms. The molecular weight excluding hydrogens is 334 g/mol. The molecule has 0 aliphatic carbocycles. The number of hydrogen-bond donors (Lipinski definition) is 1. The lowest BCUT2D eigenvalue weighted by molar-refractivity contribution is -0.141. The molecule has 23 heavy (non-hydrogen) atoms. The predicted molar refractivity (Wildman–Crippen MR) is 92.1 cm³/mol. The smallest absolute Gasteiger partial charge is 0.307 e. The number of ether oxygens (including phenoxy) is 1. The van der Waals surface area contributed by atoms with E-state index in [4.69, 9.17) is 16.3 Å². The van der Waals surface area contributed by atoms with Crippen molar-refractivity contribution >= 4 is 34.8 Å². The highest BCUT2D eigenvalue weighted by Crippen LogP contribution is 2.24. The molecule has 0 saturated heterocycles. The van der Waals surface area contributed by atoms with E-state index in [0.717, 1.165) is 15.3 Å². The summed E-state index contributed by atoms with van der Waals surface area (Å²) < 4.78 is 4.73. The maximum atomic E-state index is 12.5. The molecule has 1 atom stereocenters. The van der Waals surface area contributed by atoms with Crippen LogP contribution in [0.4, 0.5) is 0 Å². The summed E-state index contributed by atoms with van der Waals surface area (Å²) in [4.78, 5) is 26.2. The summed E-state index contributed by atoms with van der Waals surface area (Å²) >= 11 is 7.47. The van der Waals surface area contributed by atoms with Crippen molar-refractivity contribution < 1.29 is 14.3 Å². The minimum Gasteiger partial charge on any atom is -0.469 e. The second-order valence-electron chi connectivity index (χ2n) is 5.18. The number of esters is 1. The fourth-order valence-electron chi connectivity index (χ4n) is 2.29. The van der Waals surface area contributed by atoms with Crippen LogP contribution >= 0.6 is 22.9 Å². The van der Waals surface area contributed by atoms with Crippen LogP contribution < -0.4 is 5.32 Å². The second kappa shape index (κ2) is 7.62. The number of halogens is 1. The normalized spacial score (nSPS) is 11.8. The molecule has 4 nitrogen and oxygen atoms in total. The van der Waals surface area contributed by atoms with Crippen molar-refractivity contribution in [3.05, 3.63) is 56.2 Å². The monoisotopic (exact) mass is 351 g/mol. The Morgan fingerprint density at radius 2 is 1.91 bits per heavy atom. The van der Waals surface area contributed by atoms with Gasteiger partial charge in [0, 0.05) is 14.8 Å². The van der Waals surface area contributed by atoms with E-state index in [-0.39, 0.29) is 18.3 Å². The third-order valence-corrected chi connectivity index (χ3v) is 4.68. The van der Waals surface area contributed by atoms with Gasteiger partial charge in [-0.25, -0.2) is 0 Å². The largest absolute Gasteiger partial charge is 0.469 e. The van der Waals surface area contributed by atoms with Gasteiger partial charge >= 0.3 is 5.97 Å². The summed E-state index contributed by atoms with van der Waals surface area (Å²) in [6.45, 7) is 3.86. The molecular formula is C17H18ClNO3S. The molecule has 0 spiro atoms.